The molecule has 1 heterocycles. The first-order valence-corrected chi connectivity index (χ1v) is 4.75. The second-order valence-corrected chi connectivity index (χ2v) is 3.60. The molecule has 1 aromatic carbocycles. The summed E-state index contributed by atoms with van der Waals surface area (Å²) in [5.74, 6) is -0.276. The Morgan fingerprint density at radius 3 is 2.62 bits per heavy atom. The lowest BCUT2D eigenvalue weighted by Crippen LogP contribution is -1.98. The molecule has 2 nitrogen and oxygen atoms in total. The quantitative estimate of drug-likeness (QED) is 0.759. The molecule has 0 saturated carbocycles. The average molecular weight is 247 g/mol. The van der Waals surface area contributed by atoms with Crippen LogP contribution in [0.1, 0.15) is 11.9 Å². The summed E-state index contributed by atoms with van der Waals surface area (Å²) < 4.78 is 23.8. The van der Waals surface area contributed by atoms with Crippen LogP contribution >= 0.6 is 15.9 Å². The van der Waals surface area contributed by atoms with Gasteiger partial charge in [0.2, 0.25) is 0 Å². The Hall–Kier alpha value is -0.450. The SMILES string of the molecule is Fc1ccc(C2OCCO2)cc1Br. The molecule has 0 bridgehead atoms. The zero-order valence-corrected chi connectivity index (χ0v) is 8.38. The number of benzene rings is 1. The molecule has 0 aliphatic carbocycles. The molecule has 13 heavy (non-hydrogen) atoms. The molecular weight excluding hydrogens is 239 g/mol. The fourth-order valence-electron chi connectivity index (χ4n) is 1.21. The molecule has 1 fully saturated rings. The average Bonchev–Trinajstić information content (AvgIpc) is 2.62. The predicted molar refractivity (Wildman–Crippen MR) is 48.7 cm³/mol. The van der Waals surface area contributed by atoms with Crippen LogP contribution in [-0.4, -0.2) is 13.2 Å². The Balaban J connectivity index is 2.25. The van der Waals surface area contributed by atoms with Gasteiger partial charge in [0.15, 0.2) is 6.29 Å². The maximum Gasteiger partial charge on any atom is 0.184 e. The molecule has 1 aliphatic rings. The summed E-state index contributed by atoms with van der Waals surface area (Å²) in [4.78, 5) is 0. The van der Waals surface area contributed by atoms with Crippen molar-refractivity contribution in [2.24, 2.45) is 0 Å². The molecule has 0 unspecified atom stereocenters. The molecule has 70 valence electrons. The highest BCUT2D eigenvalue weighted by Crippen LogP contribution is 2.26. The predicted octanol–water partition coefficient (Wildman–Crippen LogP) is 2.63. The van der Waals surface area contributed by atoms with E-state index in [2.05, 4.69) is 15.9 Å². The van der Waals surface area contributed by atoms with Crippen LogP contribution in [0.5, 0.6) is 0 Å². The molecule has 0 N–H and O–H groups in total. The normalized spacial score (nSPS) is 18.0. The van der Waals surface area contributed by atoms with Crippen LogP contribution in [0.3, 0.4) is 0 Å². The number of halogens is 2. The van der Waals surface area contributed by atoms with E-state index in [0.29, 0.717) is 17.7 Å². The van der Waals surface area contributed by atoms with E-state index in [0.717, 1.165) is 5.56 Å². The van der Waals surface area contributed by atoms with Gasteiger partial charge in [-0.1, -0.05) is 6.07 Å². The van der Waals surface area contributed by atoms with Gasteiger partial charge in [-0.3, -0.25) is 0 Å². The van der Waals surface area contributed by atoms with E-state index >= 15 is 0 Å². The van der Waals surface area contributed by atoms with Gasteiger partial charge in [0.25, 0.3) is 0 Å². The molecule has 0 aromatic heterocycles. The first-order valence-electron chi connectivity index (χ1n) is 3.95. The molecule has 4 heteroatoms. The van der Waals surface area contributed by atoms with Crippen molar-refractivity contribution in [3.63, 3.8) is 0 Å². The molecule has 0 atom stereocenters. The van der Waals surface area contributed by atoms with Gasteiger partial charge in [-0.2, -0.15) is 0 Å². The summed E-state index contributed by atoms with van der Waals surface area (Å²) >= 11 is 3.11. The van der Waals surface area contributed by atoms with Gasteiger partial charge in [-0.15, -0.1) is 0 Å². The van der Waals surface area contributed by atoms with Gasteiger partial charge in [0.05, 0.1) is 17.7 Å². The zero-order chi connectivity index (χ0) is 9.26. The van der Waals surface area contributed by atoms with Crippen LogP contribution < -0.4 is 0 Å². The Labute approximate surface area is 83.8 Å². The molecule has 0 spiro atoms. The van der Waals surface area contributed by atoms with Crippen molar-refractivity contribution in [1.82, 2.24) is 0 Å². The van der Waals surface area contributed by atoms with E-state index in [-0.39, 0.29) is 12.1 Å². The topological polar surface area (TPSA) is 18.5 Å². The fourth-order valence-corrected chi connectivity index (χ4v) is 1.61. The Bertz CT molecular complexity index is 310. The lowest BCUT2D eigenvalue weighted by atomic mass is 10.2. The summed E-state index contributed by atoms with van der Waals surface area (Å²) in [6.07, 6.45) is -0.336. The Kier molecular flexibility index (Phi) is 2.62. The van der Waals surface area contributed by atoms with Crippen molar-refractivity contribution in [1.29, 1.82) is 0 Å². The van der Waals surface area contributed by atoms with Crippen LogP contribution in [-0.2, 0) is 9.47 Å². The summed E-state index contributed by atoms with van der Waals surface area (Å²) in [5.41, 5.74) is 0.839. The highest BCUT2D eigenvalue weighted by Gasteiger charge is 2.18. The maximum absolute atomic E-state index is 12.9. The van der Waals surface area contributed by atoms with Crippen molar-refractivity contribution in [2.45, 2.75) is 6.29 Å². The molecule has 1 aromatic rings. The van der Waals surface area contributed by atoms with E-state index in [1.54, 1.807) is 12.1 Å². The molecule has 0 amide bonds. The van der Waals surface area contributed by atoms with E-state index < -0.39 is 0 Å². The smallest absolute Gasteiger partial charge is 0.184 e. The minimum atomic E-state index is -0.336. The second-order valence-electron chi connectivity index (χ2n) is 2.75. The van der Waals surface area contributed by atoms with Crippen molar-refractivity contribution < 1.29 is 13.9 Å². The maximum atomic E-state index is 12.9. The standard InChI is InChI=1S/C9H8BrFO2/c10-7-5-6(1-2-8(7)11)9-12-3-4-13-9/h1-2,5,9H,3-4H2. The number of rotatable bonds is 1. The number of hydrogen-bond acceptors (Lipinski definition) is 2. The molecule has 1 saturated heterocycles. The highest BCUT2D eigenvalue weighted by atomic mass is 79.9. The molecule has 2 rings (SSSR count). The van der Waals surface area contributed by atoms with Gasteiger partial charge in [0, 0.05) is 5.56 Å². The largest absolute Gasteiger partial charge is 0.346 e. The van der Waals surface area contributed by atoms with Crippen molar-refractivity contribution >= 4 is 15.9 Å². The number of ether oxygens (including phenoxy) is 2. The first-order chi connectivity index (χ1) is 6.27. The summed E-state index contributed by atoms with van der Waals surface area (Å²) in [5, 5.41) is 0. The zero-order valence-electron chi connectivity index (χ0n) is 6.80. The van der Waals surface area contributed by atoms with Gasteiger partial charge in [-0.05, 0) is 28.1 Å². The van der Waals surface area contributed by atoms with Crippen LogP contribution in [0.15, 0.2) is 22.7 Å². The second kappa shape index (κ2) is 3.74. The molecule has 1 aliphatic heterocycles. The molecular formula is C9H8BrFO2. The summed E-state index contributed by atoms with van der Waals surface area (Å²) in [7, 11) is 0. The minimum absolute atomic E-state index is 0.276. The minimum Gasteiger partial charge on any atom is -0.346 e. The van der Waals surface area contributed by atoms with Gasteiger partial charge in [-0.25, -0.2) is 4.39 Å². The third-order valence-electron chi connectivity index (χ3n) is 1.84. The van der Waals surface area contributed by atoms with E-state index in [4.69, 9.17) is 9.47 Å². The van der Waals surface area contributed by atoms with Crippen LogP contribution in [0.4, 0.5) is 4.39 Å². The summed E-state index contributed by atoms with van der Waals surface area (Å²) in [6, 6.07) is 4.73. The van der Waals surface area contributed by atoms with Gasteiger partial charge < -0.3 is 9.47 Å². The Morgan fingerprint density at radius 1 is 1.31 bits per heavy atom. The van der Waals surface area contributed by atoms with Crippen LogP contribution in [0.2, 0.25) is 0 Å². The number of hydrogen-bond donors (Lipinski definition) is 0. The lowest BCUT2D eigenvalue weighted by molar-refractivity contribution is -0.0441. The Morgan fingerprint density at radius 2 is 2.00 bits per heavy atom. The van der Waals surface area contributed by atoms with Gasteiger partial charge >= 0.3 is 0 Å². The molecule has 0 radical (unpaired) electrons. The van der Waals surface area contributed by atoms with E-state index in [1.807, 2.05) is 0 Å². The fraction of sp³-hybridized carbons (Fsp3) is 0.333. The van der Waals surface area contributed by atoms with Crippen molar-refractivity contribution in [2.75, 3.05) is 13.2 Å². The van der Waals surface area contributed by atoms with E-state index in [9.17, 15) is 4.39 Å². The third kappa shape index (κ3) is 1.90. The lowest BCUT2D eigenvalue weighted by Gasteiger charge is -2.09. The van der Waals surface area contributed by atoms with Gasteiger partial charge in [0.1, 0.15) is 5.82 Å². The van der Waals surface area contributed by atoms with Crippen LogP contribution in [0, 0.1) is 5.82 Å². The van der Waals surface area contributed by atoms with Crippen LogP contribution in [0.25, 0.3) is 0 Å². The van der Waals surface area contributed by atoms with Crippen molar-refractivity contribution in [3.05, 3.63) is 34.1 Å². The first kappa shape index (κ1) is 9.12. The summed E-state index contributed by atoms with van der Waals surface area (Å²) in [6.45, 7) is 1.19. The third-order valence-corrected chi connectivity index (χ3v) is 2.45. The van der Waals surface area contributed by atoms with E-state index in [1.165, 1.54) is 6.07 Å². The highest BCUT2D eigenvalue weighted by molar-refractivity contribution is 9.10. The monoisotopic (exact) mass is 246 g/mol. The van der Waals surface area contributed by atoms with Crippen molar-refractivity contribution in [3.8, 4) is 0 Å².